The van der Waals surface area contributed by atoms with Crippen LogP contribution in [-0.4, -0.2) is 15.0 Å². The van der Waals surface area contributed by atoms with Crippen LogP contribution >= 0.6 is 0 Å². The van der Waals surface area contributed by atoms with Gasteiger partial charge in [0, 0.05) is 17.3 Å². The molecule has 6 nitrogen and oxygen atoms in total. The molecule has 3 N–H and O–H groups in total. The Morgan fingerprint density at radius 2 is 1.78 bits per heavy atom. The molecule has 6 heteroatoms. The Labute approximate surface area is 157 Å². The maximum atomic E-state index is 6.26. The van der Waals surface area contributed by atoms with Gasteiger partial charge in [0.05, 0.1) is 0 Å². The van der Waals surface area contributed by atoms with E-state index in [0.29, 0.717) is 17.3 Å². The van der Waals surface area contributed by atoms with Crippen molar-refractivity contribution in [2.24, 2.45) is 0 Å². The summed E-state index contributed by atoms with van der Waals surface area (Å²) in [7, 11) is 0. The summed E-state index contributed by atoms with van der Waals surface area (Å²) in [4.78, 5) is 12.8. The van der Waals surface area contributed by atoms with E-state index in [4.69, 9.17) is 10.5 Å². The van der Waals surface area contributed by atoms with E-state index in [0.717, 1.165) is 16.6 Å². The molecule has 0 fully saturated rings. The van der Waals surface area contributed by atoms with Crippen molar-refractivity contribution >= 4 is 28.1 Å². The third kappa shape index (κ3) is 3.37. The summed E-state index contributed by atoms with van der Waals surface area (Å²) in [5.41, 5.74) is 10.7. The van der Waals surface area contributed by atoms with Crippen molar-refractivity contribution in [1.29, 1.82) is 0 Å². The summed E-state index contributed by atoms with van der Waals surface area (Å²) in [6, 6.07) is 15.7. The molecular weight excluding hydrogens is 338 g/mol. The number of hydrogen-bond donors (Lipinski definition) is 2. The Bertz CT molecular complexity index is 1120. The van der Waals surface area contributed by atoms with Crippen LogP contribution < -0.4 is 15.8 Å². The molecule has 2 heterocycles. The van der Waals surface area contributed by atoms with Crippen LogP contribution in [0.2, 0.25) is 0 Å². The molecule has 27 heavy (non-hydrogen) atoms. The Hall–Kier alpha value is -3.67. The fourth-order valence-corrected chi connectivity index (χ4v) is 2.78. The van der Waals surface area contributed by atoms with Gasteiger partial charge in [-0.2, -0.15) is 4.98 Å². The van der Waals surface area contributed by atoms with E-state index in [9.17, 15) is 0 Å². The van der Waals surface area contributed by atoms with Crippen molar-refractivity contribution in [3.8, 4) is 11.6 Å². The number of para-hydroxylation sites is 1. The third-order valence-electron chi connectivity index (χ3n) is 4.42. The topological polar surface area (TPSA) is 86.0 Å². The Kier molecular flexibility index (Phi) is 4.30. The van der Waals surface area contributed by atoms with Gasteiger partial charge in [-0.25, -0.2) is 4.98 Å². The van der Waals surface area contributed by atoms with Crippen LogP contribution in [0.3, 0.4) is 0 Å². The number of nitrogens with zero attached hydrogens (tertiary/aromatic N) is 3. The second-order valence-electron chi connectivity index (χ2n) is 6.30. The highest BCUT2D eigenvalue weighted by atomic mass is 16.5. The standard InChI is InChI=1S/C21H19N5O/c1-13-8-9-16(11-14(13)2)26-20-18(22)21(25-12-24-20)27-17-7-3-5-15-6-4-10-23-19(15)17/h3-12H,22H2,1-2H3,(H,24,25,26). The summed E-state index contributed by atoms with van der Waals surface area (Å²) in [6.07, 6.45) is 3.15. The molecule has 0 unspecified atom stereocenters. The van der Waals surface area contributed by atoms with Crippen LogP contribution in [0.5, 0.6) is 11.6 Å². The monoisotopic (exact) mass is 357 g/mol. The Morgan fingerprint density at radius 1 is 0.926 bits per heavy atom. The summed E-state index contributed by atoms with van der Waals surface area (Å²) >= 11 is 0. The second kappa shape index (κ2) is 6.92. The van der Waals surface area contributed by atoms with E-state index >= 15 is 0 Å². The number of nitrogens with two attached hydrogens (primary N) is 1. The summed E-state index contributed by atoms with van der Waals surface area (Å²) < 4.78 is 5.97. The largest absolute Gasteiger partial charge is 0.435 e. The van der Waals surface area contributed by atoms with Crippen molar-refractivity contribution in [2.45, 2.75) is 13.8 Å². The SMILES string of the molecule is Cc1ccc(Nc2ncnc(Oc3cccc4cccnc34)c2N)cc1C. The Balaban J connectivity index is 1.66. The van der Waals surface area contributed by atoms with Gasteiger partial charge in [-0.1, -0.05) is 24.3 Å². The van der Waals surface area contributed by atoms with Crippen molar-refractivity contribution in [2.75, 3.05) is 11.1 Å². The van der Waals surface area contributed by atoms with Gasteiger partial charge in [0.15, 0.2) is 11.6 Å². The zero-order valence-electron chi connectivity index (χ0n) is 15.1. The molecule has 0 atom stereocenters. The average Bonchev–Trinajstić information content (AvgIpc) is 2.68. The van der Waals surface area contributed by atoms with E-state index in [1.165, 1.54) is 17.5 Å². The number of hydrogen-bond acceptors (Lipinski definition) is 6. The van der Waals surface area contributed by atoms with Crippen LogP contribution in [0.25, 0.3) is 10.9 Å². The van der Waals surface area contributed by atoms with Gasteiger partial charge in [-0.05, 0) is 49.2 Å². The number of nitrogens with one attached hydrogen (secondary N) is 1. The van der Waals surface area contributed by atoms with E-state index in [1.807, 2.05) is 48.5 Å². The smallest absolute Gasteiger partial charge is 0.248 e. The van der Waals surface area contributed by atoms with Gasteiger partial charge >= 0.3 is 0 Å². The molecule has 0 saturated carbocycles. The molecule has 0 amide bonds. The lowest BCUT2D eigenvalue weighted by Crippen LogP contribution is -2.03. The van der Waals surface area contributed by atoms with Crippen LogP contribution in [0.1, 0.15) is 11.1 Å². The normalized spacial score (nSPS) is 10.7. The molecule has 2 aromatic heterocycles. The van der Waals surface area contributed by atoms with Gasteiger partial charge in [-0.3, -0.25) is 4.98 Å². The number of fused-ring (bicyclic) bond motifs is 1. The average molecular weight is 357 g/mol. The van der Waals surface area contributed by atoms with Crippen LogP contribution in [0, 0.1) is 13.8 Å². The van der Waals surface area contributed by atoms with Gasteiger partial charge in [-0.15, -0.1) is 0 Å². The van der Waals surface area contributed by atoms with Gasteiger partial charge < -0.3 is 15.8 Å². The molecule has 134 valence electrons. The molecule has 4 aromatic rings. The van der Waals surface area contributed by atoms with Crippen LogP contribution in [0.4, 0.5) is 17.2 Å². The minimum absolute atomic E-state index is 0.287. The van der Waals surface area contributed by atoms with Crippen LogP contribution in [0.15, 0.2) is 61.1 Å². The number of rotatable bonds is 4. The maximum Gasteiger partial charge on any atom is 0.248 e. The van der Waals surface area contributed by atoms with E-state index in [2.05, 4.69) is 34.1 Å². The number of anilines is 3. The zero-order chi connectivity index (χ0) is 18.8. The number of benzene rings is 2. The first-order valence-corrected chi connectivity index (χ1v) is 8.58. The first kappa shape index (κ1) is 16.8. The predicted octanol–water partition coefficient (Wildman–Crippen LogP) is 4.76. The van der Waals surface area contributed by atoms with Gasteiger partial charge in [0.25, 0.3) is 0 Å². The van der Waals surface area contributed by atoms with Crippen molar-refractivity contribution in [1.82, 2.24) is 15.0 Å². The zero-order valence-corrected chi connectivity index (χ0v) is 15.1. The number of ether oxygens (including phenoxy) is 1. The second-order valence-corrected chi connectivity index (χ2v) is 6.30. The van der Waals surface area contributed by atoms with Crippen LogP contribution in [-0.2, 0) is 0 Å². The molecule has 0 aliphatic carbocycles. The molecule has 0 aliphatic rings. The Morgan fingerprint density at radius 3 is 2.63 bits per heavy atom. The highest BCUT2D eigenvalue weighted by Gasteiger charge is 2.13. The summed E-state index contributed by atoms with van der Waals surface area (Å²) in [5, 5.41) is 4.21. The summed E-state index contributed by atoms with van der Waals surface area (Å²) in [6.45, 7) is 4.13. The number of aryl methyl sites for hydroxylation is 2. The van der Waals surface area contributed by atoms with E-state index < -0.39 is 0 Å². The number of aromatic nitrogens is 3. The first-order chi connectivity index (χ1) is 13.1. The highest BCUT2D eigenvalue weighted by molar-refractivity contribution is 5.84. The van der Waals surface area contributed by atoms with Gasteiger partial charge in [0.1, 0.15) is 17.5 Å². The lowest BCUT2D eigenvalue weighted by atomic mass is 10.1. The molecule has 0 saturated heterocycles. The molecule has 0 spiro atoms. The lowest BCUT2D eigenvalue weighted by molar-refractivity contribution is 0.469. The number of nitrogen functional groups attached to an aromatic ring is 1. The minimum atomic E-state index is 0.287. The quantitative estimate of drug-likeness (QED) is 0.548. The minimum Gasteiger partial charge on any atom is -0.435 e. The molecular formula is C21H19N5O. The highest BCUT2D eigenvalue weighted by Crippen LogP contribution is 2.33. The third-order valence-corrected chi connectivity index (χ3v) is 4.42. The van der Waals surface area contributed by atoms with E-state index in [1.54, 1.807) is 6.20 Å². The molecule has 2 aromatic carbocycles. The van der Waals surface area contributed by atoms with E-state index in [-0.39, 0.29) is 5.88 Å². The summed E-state index contributed by atoms with van der Waals surface area (Å²) in [5.74, 6) is 1.38. The lowest BCUT2D eigenvalue weighted by Gasteiger charge is -2.13. The fourth-order valence-electron chi connectivity index (χ4n) is 2.78. The van der Waals surface area contributed by atoms with Crippen molar-refractivity contribution in [3.63, 3.8) is 0 Å². The first-order valence-electron chi connectivity index (χ1n) is 8.58. The molecule has 4 rings (SSSR count). The fraction of sp³-hybridized carbons (Fsp3) is 0.0952. The predicted molar refractivity (Wildman–Crippen MR) is 107 cm³/mol. The maximum absolute atomic E-state index is 6.26. The number of pyridine rings is 1. The van der Waals surface area contributed by atoms with Crippen molar-refractivity contribution in [3.05, 3.63) is 72.2 Å². The molecule has 0 aliphatic heterocycles. The van der Waals surface area contributed by atoms with Gasteiger partial charge in [0.2, 0.25) is 5.88 Å². The van der Waals surface area contributed by atoms with Crippen molar-refractivity contribution < 1.29 is 4.74 Å². The molecule has 0 radical (unpaired) electrons. The molecule has 0 bridgehead atoms.